The maximum absolute atomic E-state index is 12.6. The highest BCUT2D eigenvalue weighted by atomic mass is 35.5. The lowest BCUT2D eigenvalue weighted by Gasteiger charge is -2.18. The Kier molecular flexibility index (Phi) is 6.51. The first-order chi connectivity index (χ1) is 14.3. The molecule has 0 saturated carbocycles. The lowest BCUT2D eigenvalue weighted by Crippen LogP contribution is -2.35. The van der Waals surface area contributed by atoms with Crippen LogP contribution in [0.1, 0.15) is 23.4 Å². The average molecular weight is 431 g/mol. The normalized spacial score (nSPS) is 10.8. The van der Waals surface area contributed by atoms with E-state index in [2.05, 4.69) is 20.4 Å². The number of benzene rings is 1. The molecule has 0 fully saturated rings. The lowest BCUT2D eigenvalue weighted by molar-refractivity contribution is -0.133. The number of hydrogen-bond acceptors (Lipinski definition) is 6. The van der Waals surface area contributed by atoms with E-state index < -0.39 is 0 Å². The Morgan fingerprint density at radius 3 is 2.80 bits per heavy atom. The number of aryl methyl sites for hydroxylation is 2. The number of carbonyl (C=O) groups is 2. The van der Waals surface area contributed by atoms with Gasteiger partial charge in [-0.25, -0.2) is 9.50 Å². The third-order valence-electron chi connectivity index (χ3n) is 4.82. The van der Waals surface area contributed by atoms with Crippen molar-refractivity contribution < 1.29 is 14.3 Å². The number of nitrogens with one attached hydrogen (secondary N) is 1. The molecule has 0 saturated heterocycles. The summed E-state index contributed by atoms with van der Waals surface area (Å²) < 4.78 is 6.87. The van der Waals surface area contributed by atoms with Gasteiger partial charge in [0.2, 0.25) is 11.8 Å². The minimum atomic E-state index is -0.343. The number of aromatic nitrogens is 4. The van der Waals surface area contributed by atoms with Crippen molar-refractivity contribution in [1.29, 1.82) is 0 Å². The van der Waals surface area contributed by atoms with Gasteiger partial charge in [-0.3, -0.25) is 9.59 Å². The zero-order chi connectivity index (χ0) is 21.8. The number of carbonyl (C=O) groups excluding carboxylic acids is 2. The van der Waals surface area contributed by atoms with E-state index in [1.807, 2.05) is 13.8 Å². The number of hydrogen-bond donors (Lipinski definition) is 1. The predicted molar refractivity (Wildman–Crippen MR) is 113 cm³/mol. The Morgan fingerprint density at radius 1 is 1.30 bits per heavy atom. The molecule has 30 heavy (non-hydrogen) atoms. The van der Waals surface area contributed by atoms with E-state index >= 15 is 0 Å². The molecule has 9 nitrogen and oxygen atoms in total. The van der Waals surface area contributed by atoms with Crippen molar-refractivity contribution in [3.8, 4) is 5.75 Å². The molecule has 2 heterocycles. The molecule has 1 N–H and O–H groups in total. The fraction of sp³-hybridized carbons (Fsp3) is 0.350. The maximum Gasteiger partial charge on any atom is 0.252 e. The zero-order valence-corrected chi connectivity index (χ0v) is 18.0. The van der Waals surface area contributed by atoms with Crippen molar-refractivity contribution in [3.63, 3.8) is 0 Å². The van der Waals surface area contributed by atoms with E-state index in [4.69, 9.17) is 16.3 Å². The molecule has 0 aliphatic heterocycles. The highest BCUT2D eigenvalue weighted by Crippen LogP contribution is 2.27. The molecule has 3 rings (SSSR count). The van der Waals surface area contributed by atoms with E-state index in [0.717, 1.165) is 17.0 Å². The van der Waals surface area contributed by atoms with Gasteiger partial charge in [-0.2, -0.15) is 10.1 Å². The van der Waals surface area contributed by atoms with E-state index in [9.17, 15) is 9.59 Å². The summed E-state index contributed by atoms with van der Waals surface area (Å²) in [5.41, 5.74) is 3.11. The molecule has 0 unspecified atom stereocenters. The molecule has 0 atom stereocenters. The van der Waals surface area contributed by atoms with E-state index in [0.29, 0.717) is 28.7 Å². The summed E-state index contributed by atoms with van der Waals surface area (Å²) in [4.78, 5) is 34.8. The van der Waals surface area contributed by atoms with Crippen LogP contribution in [0.5, 0.6) is 5.75 Å². The SMILES string of the molecule is COc1ccc(Cl)cc1NC(=O)CN(C)C(=O)CCc1c(C)nc2ncnn2c1C. The van der Waals surface area contributed by atoms with Crippen molar-refractivity contribution in [2.75, 3.05) is 26.0 Å². The first kappa shape index (κ1) is 21.5. The summed E-state index contributed by atoms with van der Waals surface area (Å²) in [5, 5.41) is 7.35. The van der Waals surface area contributed by atoms with Gasteiger partial charge in [-0.05, 0) is 44.0 Å². The molecule has 2 aromatic heterocycles. The number of rotatable bonds is 7. The topological polar surface area (TPSA) is 102 Å². The standard InChI is InChI=1S/C20H23ClN6O3/c1-12-15(13(2)27-20(24-12)22-11-23-27)6-8-19(29)26(3)10-18(28)25-16-9-14(21)5-7-17(16)30-4/h5,7,9,11H,6,8,10H2,1-4H3,(H,25,28). The van der Waals surface area contributed by atoms with Gasteiger partial charge >= 0.3 is 0 Å². The van der Waals surface area contributed by atoms with Crippen molar-refractivity contribution in [2.24, 2.45) is 0 Å². The van der Waals surface area contributed by atoms with E-state index in [1.54, 1.807) is 29.8 Å². The summed E-state index contributed by atoms with van der Waals surface area (Å²) in [5.74, 6) is 0.527. The second-order valence-electron chi connectivity index (χ2n) is 6.88. The fourth-order valence-corrected chi connectivity index (χ4v) is 3.38. The zero-order valence-electron chi connectivity index (χ0n) is 17.3. The van der Waals surface area contributed by atoms with Crippen LogP contribution in [0.25, 0.3) is 5.78 Å². The molecule has 0 bridgehead atoms. The molecule has 2 amide bonds. The van der Waals surface area contributed by atoms with Crippen molar-refractivity contribution in [3.05, 3.63) is 46.5 Å². The van der Waals surface area contributed by atoms with Crippen LogP contribution in [0.2, 0.25) is 5.02 Å². The lowest BCUT2D eigenvalue weighted by atomic mass is 10.1. The molecule has 0 radical (unpaired) electrons. The molecule has 0 spiro atoms. The van der Waals surface area contributed by atoms with Crippen LogP contribution < -0.4 is 10.1 Å². The van der Waals surface area contributed by atoms with Crippen LogP contribution in [0.3, 0.4) is 0 Å². The molecule has 10 heteroatoms. The largest absolute Gasteiger partial charge is 0.495 e. The maximum atomic E-state index is 12.6. The average Bonchev–Trinajstić information content (AvgIpc) is 3.16. The highest BCUT2D eigenvalue weighted by molar-refractivity contribution is 6.31. The van der Waals surface area contributed by atoms with Crippen LogP contribution in [-0.4, -0.2) is 57.0 Å². The molecular weight excluding hydrogens is 408 g/mol. The molecular formula is C20H23ClN6O3. The van der Waals surface area contributed by atoms with Gasteiger partial charge < -0.3 is 15.0 Å². The number of fused-ring (bicyclic) bond motifs is 1. The summed E-state index contributed by atoms with van der Waals surface area (Å²) in [6, 6.07) is 4.93. The number of halogens is 1. The van der Waals surface area contributed by atoms with Crippen molar-refractivity contribution >= 4 is 34.9 Å². The third-order valence-corrected chi connectivity index (χ3v) is 5.05. The molecule has 1 aromatic carbocycles. The number of methoxy groups -OCH3 is 1. The number of likely N-dealkylation sites (N-methyl/N-ethyl adjacent to an activating group) is 1. The first-order valence-corrected chi connectivity index (χ1v) is 9.71. The second kappa shape index (κ2) is 9.08. The van der Waals surface area contributed by atoms with Gasteiger partial charge in [0, 0.05) is 29.9 Å². The van der Waals surface area contributed by atoms with Gasteiger partial charge in [0.15, 0.2) is 0 Å². The Hall–Kier alpha value is -3.20. The Bertz CT molecular complexity index is 1100. The van der Waals surface area contributed by atoms with Crippen molar-refractivity contribution in [1.82, 2.24) is 24.5 Å². The predicted octanol–water partition coefficient (Wildman–Crippen LogP) is 2.43. The number of nitrogens with zero attached hydrogens (tertiary/aromatic N) is 5. The summed E-state index contributed by atoms with van der Waals surface area (Å²) >= 11 is 5.98. The van der Waals surface area contributed by atoms with Gasteiger partial charge in [-0.1, -0.05) is 11.6 Å². The van der Waals surface area contributed by atoms with Crippen LogP contribution in [0, 0.1) is 13.8 Å². The van der Waals surface area contributed by atoms with E-state index in [-0.39, 0.29) is 24.8 Å². The van der Waals surface area contributed by atoms with Gasteiger partial charge in [0.05, 0.1) is 19.3 Å². The molecule has 0 aliphatic rings. The third kappa shape index (κ3) is 4.68. The van der Waals surface area contributed by atoms with Gasteiger partial charge in [0.25, 0.3) is 5.78 Å². The number of amides is 2. The van der Waals surface area contributed by atoms with Gasteiger partial charge in [-0.15, -0.1) is 0 Å². The van der Waals surface area contributed by atoms with Gasteiger partial charge in [0.1, 0.15) is 12.1 Å². The molecule has 158 valence electrons. The van der Waals surface area contributed by atoms with Crippen molar-refractivity contribution in [2.45, 2.75) is 26.7 Å². The minimum Gasteiger partial charge on any atom is -0.495 e. The Morgan fingerprint density at radius 2 is 2.07 bits per heavy atom. The second-order valence-corrected chi connectivity index (χ2v) is 7.31. The van der Waals surface area contributed by atoms with Crippen LogP contribution in [0.15, 0.2) is 24.5 Å². The monoisotopic (exact) mass is 430 g/mol. The minimum absolute atomic E-state index is 0.0904. The Balaban J connectivity index is 1.60. The summed E-state index contributed by atoms with van der Waals surface area (Å²) in [6.07, 6.45) is 2.19. The fourth-order valence-electron chi connectivity index (χ4n) is 3.21. The smallest absolute Gasteiger partial charge is 0.252 e. The number of anilines is 1. The quantitative estimate of drug-likeness (QED) is 0.617. The number of ether oxygens (including phenoxy) is 1. The van der Waals surface area contributed by atoms with Crippen LogP contribution in [0.4, 0.5) is 5.69 Å². The van der Waals surface area contributed by atoms with Crippen LogP contribution >= 0.6 is 11.6 Å². The molecule has 0 aliphatic carbocycles. The van der Waals surface area contributed by atoms with Crippen LogP contribution in [-0.2, 0) is 16.0 Å². The summed E-state index contributed by atoms with van der Waals surface area (Å²) in [7, 11) is 3.10. The van der Waals surface area contributed by atoms with E-state index in [1.165, 1.54) is 18.3 Å². The Labute approximate surface area is 179 Å². The summed E-state index contributed by atoms with van der Waals surface area (Å²) in [6.45, 7) is 3.72. The first-order valence-electron chi connectivity index (χ1n) is 9.33. The highest BCUT2D eigenvalue weighted by Gasteiger charge is 2.17. The molecule has 3 aromatic rings.